The van der Waals surface area contributed by atoms with Crippen LogP contribution in [0.1, 0.15) is 32.3 Å². The normalized spacial score (nSPS) is 11.1. The highest BCUT2D eigenvalue weighted by molar-refractivity contribution is 9.10. The Morgan fingerprint density at radius 1 is 1.40 bits per heavy atom. The minimum absolute atomic E-state index is 0.302. The zero-order chi connectivity index (χ0) is 11.5. The summed E-state index contributed by atoms with van der Waals surface area (Å²) in [7, 11) is 0. The number of hydrogen-bond acceptors (Lipinski definition) is 0. The quantitative estimate of drug-likeness (QED) is 0.711. The lowest BCUT2D eigenvalue weighted by Gasteiger charge is -2.19. The van der Waals surface area contributed by atoms with E-state index in [1.165, 1.54) is 6.07 Å². The maximum Gasteiger partial charge on any atom is 0.259 e. The van der Waals surface area contributed by atoms with Crippen LogP contribution in [0.2, 0.25) is 0 Å². The van der Waals surface area contributed by atoms with Crippen LogP contribution >= 0.6 is 15.9 Å². The maximum atomic E-state index is 13.7. The first-order chi connectivity index (χ1) is 7.09. The van der Waals surface area contributed by atoms with Crippen molar-refractivity contribution in [3.8, 4) is 0 Å². The molecule has 1 nitrogen and oxygen atoms in total. The summed E-state index contributed by atoms with van der Waals surface area (Å²) in [6.45, 7) is 11.1. The van der Waals surface area contributed by atoms with Gasteiger partial charge < -0.3 is 4.85 Å². The number of rotatable bonds is 3. The van der Waals surface area contributed by atoms with Gasteiger partial charge in [-0.1, -0.05) is 29.8 Å². The molecule has 0 aliphatic carbocycles. The Morgan fingerprint density at radius 3 is 2.40 bits per heavy atom. The first-order valence-corrected chi connectivity index (χ1v) is 5.73. The van der Waals surface area contributed by atoms with Crippen LogP contribution in [0.15, 0.2) is 22.7 Å². The van der Waals surface area contributed by atoms with Crippen LogP contribution in [0.3, 0.4) is 0 Å². The summed E-state index contributed by atoms with van der Waals surface area (Å²) in [5, 5.41) is 0. The second-order valence-corrected chi connectivity index (χ2v) is 4.39. The first-order valence-electron chi connectivity index (χ1n) is 4.93. The van der Waals surface area contributed by atoms with Crippen LogP contribution in [0.4, 0.5) is 4.39 Å². The molecule has 0 saturated carbocycles. The summed E-state index contributed by atoms with van der Waals surface area (Å²) in [5.41, 5.74) is -0.198. The fraction of sp³-hybridized carbons (Fsp3) is 0.417. The predicted octanol–water partition coefficient (Wildman–Crippen LogP) is 4.52. The van der Waals surface area contributed by atoms with Gasteiger partial charge in [0.05, 0.1) is 5.56 Å². The van der Waals surface area contributed by atoms with Crippen molar-refractivity contribution < 1.29 is 4.39 Å². The van der Waals surface area contributed by atoms with Crippen LogP contribution in [-0.2, 0) is 5.54 Å². The van der Waals surface area contributed by atoms with Crippen LogP contribution in [0.25, 0.3) is 4.85 Å². The minimum atomic E-state index is -0.704. The average molecular weight is 270 g/mol. The van der Waals surface area contributed by atoms with Crippen molar-refractivity contribution in [2.75, 3.05) is 0 Å². The smallest absolute Gasteiger partial charge is 0.259 e. The number of hydrogen-bond donors (Lipinski definition) is 0. The molecule has 0 fully saturated rings. The van der Waals surface area contributed by atoms with Gasteiger partial charge in [-0.3, -0.25) is 0 Å². The summed E-state index contributed by atoms with van der Waals surface area (Å²) in [6.07, 6.45) is 1.26. The molecule has 0 aliphatic heterocycles. The van der Waals surface area contributed by atoms with Crippen molar-refractivity contribution >= 4 is 15.9 Å². The molecule has 0 spiro atoms. The zero-order valence-electron chi connectivity index (χ0n) is 8.85. The highest BCUT2D eigenvalue weighted by Crippen LogP contribution is 2.35. The fourth-order valence-electron chi connectivity index (χ4n) is 1.72. The highest BCUT2D eigenvalue weighted by atomic mass is 79.9. The third-order valence-corrected chi connectivity index (χ3v) is 3.31. The number of halogens is 2. The third-order valence-electron chi connectivity index (χ3n) is 2.82. The van der Waals surface area contributed by atoms with Crippen molar-refractivity contribution in [2.45, 2.75) is 32.2 Å². The van der Waals surface area contributed by atoms with Gasteiger partial charge in [0.15, 0.2) is 0 Å². The van der Waals surface area contributed by atoms with Crippen LogP contribution in [0, 0.1) is 12.4 Å². The molecule has 0 atom stereocenters. The average Bonchev–Trinajstić information content (AvgIpc) is 2.23. The van der Waals surface area contributed by atoms with Gasteiger partial charge in [-0.05, 0) is 18.2 Å². The highest BCUT2D eigenvalue weighted by Gasteiger charge is 2.37. The molecule has 0 amide bonds. The minimum Gasteiger partial charge on any atom is -0.305 e. The number of benzene rings is 1. The fourth-order valence-corrected chi connectivity index (χ4v) is 2.05. The standard InChI is InChI=1S/C12H13BrFN/c1-4-12(5-2,15-3)10-7-6-9(13)8-11(10)14/h6-8H,4-5H2,1-2H3. The Bertz CT molecular complexity index is 391. The van der Waals surface area contributed by atoms with E-state index in [9.17, 15) is 4.39 Å². The van der Waals surface area contributed by atoms with Crippen molar-refractivity contribution in [1.82, 2.24) is 0 Å². The molecule has 0 aromatic heterocycles. The van der Waals surface area contributed by atoms with Crippen molar-refractivity contribution in [3.63, 3.8) is 0 Å². The van der Waals surface area contributed by atoms with Crippen LogP contribution in [-0.4, -0.2) is 0 Å². The Kier molecular flexibility index (Phi) is 3.87. The lowest BCUT2D eigenvalue weighted by Crippen LogP contribution is -2.21. The van der Waals surface area contributed by atoms with Gasteiger partial charge in [0.25, 0.3) is 5.54 Å². The van der Waals surface area contributed by atoms with Gasteiger partial charge in [0, 0.05) is 17.3 Å². The van der Waals surface area contributed by atoms with E-state index in [2.05, 4.69) is 20.8 Å². The first kappa shape index (κ1) is 12.2. The van der Waals surface area contributed by atoms with Gasteiger partial charge in [-0.2, -0.15) is 0 Å². The molecule has 1 aromatic rings. The molecule has 0 N–H and O–H groups in total. The van der Waals surface area contributed by atoms with Crippen molar-refractivity contribution in [1.29, 1.82) is 0 Å². The van der Waals surface area contributed by atoms with Gasteiger partial charge in [-0.25, -0.2) is 11.0 Å². The molecular weight excluding hydrogens is 257 g/mol. The van der Waals surface area contributed by atoms with E-state index in [1.54, 1.807) is 12.1 Å². The Hall–Kier alpha value is -0.880. The molecule has 0 aliphatic rings. The largest absolute Gasteiger partial charge is 0.305 e. The summed E-state index contributed by atoms with van der Waals surface area (Å²) in [5.74, 6) is -0.302. The van der Waals surface area contributed by atoms with Crippen molar-refractivity contribution in [2.24, 2.45) is 0 Å². The SMILES string of the molecule is [C-]#[N+]C(CC)(CC)c1ccc(Br)cc1F. The Morgan fingerprint density at radius 2 is 2.00 bits per heavy atom. The molecule has 1 rings (SSSR count). The Labute approximate surface area is 98.3 Å². The van der Waals surface area contributed by atoms with Crippen LogP contribution < -0.4 is 0 Å². The zero-order valence-corrected chi connectivity index (χ0v) is 10.4. The second-order valence-electron chi connectivity index (χ2n) is 3.47. The summed E-state index contributed by atoms with van der Waals surface area (Å²) in [4.78, 5) is 3.61. The summed E-state index contributed by atoms with van der Waals surface area (Å²) >= 11 is 3.21. The summed E-state index contributed by atoms with van der Waals surface area (Å²) < 4.78 is 14.4. The van der Waals surface area contributed by atoms with Gasteiger partial charge in [0.2, 0.25) is 0 Å². The topological polar surface area (TPSA) is 4.36 Å². The lowest BCUT2D eigenvalue weighted by atomic mass is 9.85. The van der Waals surface area contributed by atoms with Crippen molar-refractivity contribution in [3.05, 3.63) is 45.5 Å². The van der Waals surface area contributed by atoms with E-state index >= 15 is 0 Å². The molecule has 15 heavy (non-hydrogen) atoms. The van der Waals surface area contributed by atoms with E-state index < -0.39 is 5.54 Å². The molecule has 1 aromatic carbocycles. The predicted molar refractivity (Wildman–Crippen MR) is 63.0 cm³/mol. The molecule has 80 valence electrons. The van der Waals surface area contributed by atoms with E-state index in [4.69, 9.17) is 6.57 Å². The van der Waals surface area contributed by atoms with E-state index in [0.29, 0.717) is 22.9 Å². The Balaban J connectivity index is 3.31. The van der Waals surface area contributed by atoms with Crippen LogP contribution in [0.5, 0.6) is 0 Å². The molecule has 0 heterocycles. The van der Waals surface area contributed by atoms with Gasteiger partial charge >= 0.3 is 0 Å². The molecular formula is C12H13BrFN. The van der Waals surface area contributed by atoms with E-state index in [0.717, 1.165) is 0 Å². The molecule has 0 unspecified atom stereocenters. The molecule has 3 heteroatoms. The monoisotopic (exact) mass is 269 g/mol. The number of nitrogens with zero attached hydrogens (tertiary/aromatic N) is 1. The lowest BCUT2D eigenvalue weighted by molar-refractivity contribution is 0.460. The molecule has 0 radical (unpaired) electrons. The second kappa shape index (κ2) is 4.76. The molecule has 0 bridgehead atoms. The third kappa shape index (κ3) is 2.21. The maximum absolute atomic E-state index is 13.7. The van der Waals surface area contributed by atoms with Gasteiger partial charge in [-0.15, -0.1) is 0 Å². The van der Waals surface area contributed by atoms with Gasteiger partial charge in [0.1, 0.15) is 5.82 Å². The van der Waals surface area contributed by atoms with E-state index in [-0.39, 0.29) is 5.82 Å². The summed E-state index contributed by atoms with van der Waals surface area (Å²) in [6, 6.07) is 4.90. The molecule has 0 saturated heterocycles. The van der Waals surface area contributed by atoms with E-state index in [1.807, 2.05) is 13.8 Å².